The van der Waals surface area contributed by atoms with Crippen molar-refractivity contribution in [2.75, 3.05) is 18.4 Å². The first-order valence-electron chi connectivity index (χ1n) is 8.74. The molecule has 2 amide bonds. The maximum absolute atomic E-state index is 12.4. The van der Waals surface area contributed by atoms with E-state index in [9.17, 15) is 14.7 Å². The number of aliphatic hydroxyl groups is 1. The van der Waals surface area contributed by atoms with Gasteiger partial charge in [-0.25, -0.2) is 0 Å². The summed E-state index contributed by atoms with van der Waals surface area (Å²) < 4.78 is 0. The summed E-state index contributed by atoms with van der Waals surface area (Å²) in [6.07, 6.45) is 2.56. The van der Waals surface area contributed by atoms with Crippen LogP contribution in [0.2, 0.25) is 0 Å². The van der Waals surface area contributed by atoms with Crippen molar-refractivity contribution >= 4 is 17.5 Å². The van der Waals surface area contributed by atoms with Crippen LogP contribution in [0, 0.1) is 5.41 Å². The largest absolute Gasteiger partial charge is 0.393 e. The van der Waals surface area contributed by atoms with Crippen LogP contribution in [0.4, 0.5) is 5.69 Å². The molecular formula is C20H28N2O3. The highest BCUT2D eigenvalue weighted by molar-refractivity contribution is 6.00. The smallest absolute Gasteiger partial charge is 0.253 e. The summed E-state index contributed by atoms with van der Waals surface area (Å²) in [6, 6.07) is 6.93. The van der Waals surface area contributed by atoms with E-state index in [0.717, 1.165) is 5.57 Å². The predicted molar refractivity (Wildman–Crippen MR) is 99.4 cm³/mol. The number of nitrogens with zero attached hydrogens (tertiary/aromatic N) is 1. The number of hydrogen-bond donors (Lipinski definition) is 2. The number of likely N-dealkylation sites (tertiary alicyclic amines) is 1. The SMILES string of the molecule is C/C(=C/C(=O)Nc1ccc(C(=O)N2CCC(O)CC2)cc1)C(C)(C)C. The van der Waals surface area contributed by atoms with Crippen LogP contribution in [0.1, 0.15) is 50.9 Å². The third-order valence-corrected chi connectivity index (χ3v) is 4.68. The molecule has 1 aliphatic rings. The zero-order chi connectivity index (χ0) is 18.6. The summed E-state index contributed by atoms with van der Waals surface area (Å²) in [6.45, 7) is 9.28. The van der Waals surface area contributed by atoms with E-state index in [1.165, 1.54) is 0 Å². The number of aliphatic hydroxyl groups excluding tert-OH is 1. The molecule has 1 saturated heterocycles. The summed E-state index contributed by atoms with van der Waals surface area (Å²) in [7, 11) is 0. The molecule has 1 aromatic rings. The van der Waals surface area contributed by atoms with Gasteiger partial charge in [0.15, 0.2) is 0 Å². The Hall–Kier alpha value is -2.14. The third kappa shape index (κ3) is 5.43. The topological polar surface area (TPSA) is 69.6 Å². The quantitative estimate of drug-likeness (QED) is 0.827. The Morgan fingerprint density at radius 1 is 1.16 bits per heavy atom. The summed E-state index contributed by atoms with van der Waals surface area (Å²) in [4.78, 5) is 26.3. The zero-order valence-electron chi connectivity index (χ0n) is 15.5. The van der Waals surface area contributed by atoms with E-state index in [-0.39, 0.29) is 23.3 Å². The van der Waals surface area contributed by atoms with Gasteiger partial charge < -0.3 is 15.3 Å². The van der Waals surface area contributed by atoms with E-state index in [0.29, 0.717) is 37.2 Å². The van der Waals surface area contributed by atoms with Gasteiger partial charge in [-0.2, -0.15) is 0 Å². The molecule has 0 atom stereocenters. The Balaban J connectivity index is 1.98. The first kappa shape index (κ1) is 19.2. The molecule has 1 aliphatic heterocycles. The van der Waals surface area contributed by atoms with Crippen molar-refractivity contribution in [3.63, 3.8) is 0 Å². The van der Waals surface area contributed by atoms with Crippen molar-refractivity contribution in [2.45, 2.75) is 46.6 Å². The Labute approximate surface area is 149 Å². The highest BCUT2D eigenvalue weighted by Gasteiger charge is 2.22. The molecule has 1 heterocycles. The van der Waals surface area contributed by atoms with Gasteiger partial charge in [0.2, 0.25) is 5.91 Å². The second-order valence-corrected chi connectivity index (χ2v) is 7.67. The van der Waals surface area contributed by atoms with Gasteiger partial charge in [0.1, 0.15) is 0 Å². The fraction of sp³-hybridized carbons (Fsp3) is 0.500. The molecule has 136 valence electrons. The molecule has 2 rings (SSSR count). The summed E-state index contributed by atoms with van der Waals surface area (Å²) in [5, 5.41) is 12.4. The fourth-order valence-corrected chi connectivity index (χ4v) is 2.54. The van der Waals surface area contributed by atoms with Gasteiger partial charge in [0.05, 0.1) is 6.10 Å². The molecule has 0 saturated carbocycles. The van der Waals surface area contributed by atoms with Crippen LogP contribution in [0.25, 0.3) is 0 Å². The minimum absolute atomic E-state index is 0.0340. The molecule has 1 fully saturated rings. The van der Waals surface area contributed by atoms with Gasteiger partial charge in [0, 0.05) is 30.4 Å². The van der Waals surface area contributed by atoms with Gasteiger partial charge >= 0.3 is 0 Å². The van der Waals surface area contributed by atoms with Gasteiger partial charge in [-0.1, -0.05) is 26.3 Å². The van der Waals surface area contributed by atoms with Gasteiger partial charge in [0.25, 0.3) is 5.91 Å². The Morgan fingerprint density at radius 3 is 2.24 bits per heavy atom. The summed E-state index contributed by atoms with van der Waals surface area (Å²) in [5.74, 6) is -0.204. The molecule has 1 aromatic carbocycles. The van der Waals surface area contributed by atoms with Gasteiger partial charge in [-0.15, -0.1) is 0 Å². The van der Waals surface area contributed by atoms with E-state index in [1.807, 2.05) is 6.92 Å². The number of carbonyl (C=O) groups is 2. The number of benzene rings is 1. The van der Waals surface area contributed by atoms with Crippen LogP contribution >= 0.6 is 0 Å². The van der Waals surface area contributed by atoms with Crippen molar-refractivity contribution in [2.24, 2.45) is 5.41 Å². The van der Waals surface area contributed by atoms with Crippen LogP contribution in [0.15, 0.2) is 35.9 Å². The van der Waals surface area contributed by atoms with E-state index >= 15 is 0 Å². The Bertz CT molecular complexity index is 649. The summed E-state index contributed by atoms with van der Waals surface area (Å²) in [5.41, 5.74) is 2.21. The average molecular weight is 344 g/mol. The first-order valence-corrected chi connectivity index (χ1v) is 8.74. The first-order chi connectivity index (χ1) is 11.7. The second kappa shape index (κ2) is 7.83. The number of amides is 2. The number of allylic oxidation sites excluding steroid dienone is 1. The molecule has 0 aromatic heterocycles. The molecule has 25 heavy (non-hydrogen) atoms. The molecule has 0 spiro atoms. The highest BCUT2D eigenvalue weighted by Crippen LogP contribution is 2.24. The zero-order valence-corrected chi connectivity index (χ0v) is 15.5. The number of hydrogen-bond acceptors (Lipinski definition) is 3. The average Bonchev–Trinajstić information content (AvgIpc) is 2.54. The van der Waals surface area contributed by atoms with Crippen molar-refractivity contribution in [3.8, 4) is 0 Å². The molecule has 0 aliphatic carbocycles. The second-order valence-electron chi connectivity index (χ2n) is 7.67. The normalized spacial score (nSPS) is 16.7. The minimum Gasteiger partial charge on any atom is -0.393 e. The third-order valence-electron chi connectivity index (χ3n) is 4.68. The number of anilines is 1. The lowest BCUT2D eigenvalue weighted by Gasteiger charge is -2.29. The number of piperidine rings is 1. The standard InChI is InChI=1S/C20H28N2O3/c1-14(20(2,3)4)13-18(24)21-16-7-5-15(6-8-16)19(25)22-11-9-17(23)10-12-22/h5-8,13,17,23H,9-12H2,1-4H3,(H,21,24)/b14-13-. The van der Waals surface area contributed by atoms with Crippen LogP contribution in [0.3, 0.4) is 0 Å². The van der Waals surface area contributed by atoms with Crippen LogP contribution in [-0.2, 0) is 4.79 Å². The van der Waals surface area contributed by atoms with E-state index in [2.05, 4.69) is 26.1 Å². The Morgan fingerprint density at radius 2 is 1.72 bits per heavy atom. The maximum atomic E-state index is 12.4. The molecule has 0 radical (unpaired) electrons. The monoisotopic (exact) mass is 344 g/mol. The predicted octanol–water partition coefficient (Wildman–Crippen LogP) is 3.21. The van der Waals surface area contributed by atoms with Crippen molar-refractivity contribution in [1.82, 2.24) is 4.90 Å². The van der Waals surface area contributed by atoms with Gasteiger partial charge in [-0.3, -0.25) is 9.59 Å². The van der Waals surface area contributed by atoms with Crippen LogP contribution in [-0.4, -0.2) is 41.0 Å². The number of nitrogens with one attached hydrogen (secondary N) is 1. The van der Waals surface area contributed by atoms with E-state index < -0.39 is 0 Å². The highest BCUT2D eigenvalue weighted by atomic mass is 16.3. The number of carbonyl (C=O) groups excluding carboxylic acids is 2. The molecule has 0 unspecified atom stereocenters. The van der Waals surface area contributed by atoms with Crippen molar-refractivity contribution in [1.29, 1.82) is 0 Å². The Kier molecular flexibility index (Phi) is 6.01. The van der Waals surface area contributed by atoms with E-state index in [4.69, 9.17) is 0 Å². The van der Waals surface area contributed by atoms with Crippen LogP contribution in [0.5, 0.6) is 0 Å². The molecule has 2 N–H and O–H groups in total. The minimum atomic E-state index is -0.300. The molecule has 0 bridgehead atoms. The van der Waals surface area contributed by atoms with Gasteiger partial charge in [-0.05, 0) is 49.4 Å². The molecular weight excluding hydrogens is 316 g/mol. The van der Waals surface area contributed by atoms with Crippen molar-refractivity contribution < 1.29 is 14.7 Å². The summed E-state index contributed by atoms with van der Waals surface area (Å²) >= 11 is 0. The lowest BCUT2D eigenvalue weighted by molar-refractivity contribution is -0.112. The fourth-order valence-electron chi connectivity index (χ4n) is 2.54. The van der Waals surface area contributed by atoms with Crippen molar-refractivity contribution in [3.05, 3.63) is 41.5 Å². The maximum Gasteiger partial charge on any atom is 0.253 e. The molecule has 5 nitrogen and oxygen atoms in total. The van der Waals surface area contributed by atoms with E-state index in [1.54, 1.807) is 35.2 Å². The lowest BCUT2D eigenvalue weighted by atomic mass is 9.87. The molecule has 5 heteroatoms. The number of rotatable bonds is 3. The lowest BCUT2D eigenvalue weighted by Crippen LogP contribution is -2.40. The van der Waals surface area contributed by atoms with Crippen LogP contribution < -0.4 is 5.32 Å².